The summed E-state index contributed by atoms with van der Waals surface area (Å²) in [6.45, 7) is 15.3. The Morgan fingerprint density at radius 1 is 1.11 bits per heavy atom. The van der Waals surface area contributed by atoms with Gasteiger partial charge in [-0.2, -0.15) is 10.2 Å². The van der Waals surface area contributed by atoms with E-state index in [1.165, 1.54) is 21.0 Å². The number of carbonyl (C=O) groups excluding carboxylic acids is 3. The van der Waals surface area contributed by atoms with Crippen LogP contribution in [0.15, 0.2) is 34.6 Å². The number of hydrogen-bond acceptors (Lipinski definition) is 14. The molecule has 0 radical (unpaired) electrons. The number of ether oxygens (including phenoxy) is 5. The number of nitrogens with one attached hydrogen (secondary N) is 1. The number of aliphatic hydroxyl groups is 2. The number of cyclic esters (lactones) is 1. The number of aliphatic hydroxyl groups excluding tert-OH is 1. The maximum absolute atomic E-state index is 14.3. The van der Waals surface area contributed by atoms with Crippen molar-refractivity contribution in [2.24, 2.45) is 33.9 Å². The first-order valence-electron chi connectivity index (χ1n) is 19.2. The van der Waals surface area contributed by atoms with E-state index in [4.69, 9.17) is 23.7 Å². The number of aromatic nitrogens is 1. The monoisotopic (exact) mass is 775 g/mol. The fraction of sp³-hybridized carbons (Fsp3) is 0.750. The molecule has 0 aliphatic carbocycles. The molecule has 1 amide bonds. The molecule has 13 atom stereocenters. The number of nitrogens with zero attached hydrogens (tertiary/aromatic N) is 4. The molecular formula is C40H65N5O10. The highest BCUT2D eigenvalue weighted by Crippen LogP contribution is 2.39. The lowest BCUT2D eigenvalue weighted by atomic mass is 9.74. The van der Waals surface area contributed by atoms with Crippen LogP contribution in [0.5, 0.6) is 0 Å². The van der Waals surface area contributed by atoms with Crippen molar-refractivity contribution in [2.75, 3.05) is 33.6 Å². The quantitative estimate of drug-likeness (QED) is 0.134. The number of pyridine rings is 1. The zero-order valence-electron chi connectivity index (χ0n) is 34.9. The van der Waals surface area contributed by atoms with E-state index < -0.39 is 77.3 Å². The van der Waals surface area contributed by atoms with E-state index in [9.17, 15) is 24.6 Å². The van der Waals surface area contributed by atoms with Crippen LogP contribution in [0.3, 0.4) is 0 Å². The molecule has 13 unspecified atom stereocenters. The van der Waals surface area contributed by atoms with Gasteiger partial charge in [0.2, 0.25) is 5.91 Å². The van der Waals surface area contributed by atoms with E-state index in [-0.39, 0.29) is 37.3 Å². The third kappa shape index (κ3) is 11.2. The molecule has 2 aliphatic rings. The smallest absolute Gasteiger partial charge is 0.316 e. The summed E-state index contributed by atoms with van der Waals surface area (Å²) in [5, 5.41) is 35.4. The number of likely N-dealkylation sites (N-methyl/N-ethyl adjacent to an activating group) is 1. The number of hydrogen-bond donors (Lipinski definition) is 3. The molecule has 3 heterocycles. The fourth-order valence-corrected chi connectivity index (χ4v) is 7.91. The molecule has 0 saturated carbocycles. The molecule has 15 nitrogen and oxygen atoms in total. The predicted molar refractivity (Wildman–Crippen MR) is 209 cm³/mol. The maximum atomic E-state index is 14.3. The van der Waals surface area contributed by atoms with Gasteiger partial charge in [-0.25, -0.2) is 4.98 Å². The van der Waals surface area contributed by atoms with Gasteiger partial charge in [0, 0.05) is 49.7 Å². The highest BCUT2D eigenvalue weighted by Gasteiger charge is 2.52. The largest absolute Gasteiger partial charge is 0.459 e. The van der Waals surface area contributed by atoms with Crippen molar-refractivity contribution in [3.05, 3.63) is 24.4 Å². The van der Waals surface area contributed by atoms with Crippen molar-refractivity contribution in [1.29, 1.82) is 0 Å². The van der Waals surface area contributed by atoms with Crippen molar-refractivity contribution in [2.45, 2.75) is 142 Å². The van der Waals surface area contributed by atoms with Crippen molar-refractivity contribution in [3.8, 4) is 0 Å². The zero-order chi connectivity index (χ0) is 41.4. The number of Topliss-reactive ketones (excluding diaryl/α,β-unsaturated/α-hetero) is 1. The lowest BCUT2D eigenvalue weighted by Gasteiger charge is -2.48. The van der Waals surface area contributed by atoms with E-state index in [0.717, 1.165) is 0 Å². The number of anilines is 1. The molecule has 3 rings (SSSR count). The van der Waals surface area contributed by atoms with Crippen LogP contribution >= 0.6 is 0 Å². The molecule has 0 bridgehead atoms. The lowest BCUT2D eigenvalue weighted by molar-refractivity contribution is -0.299. The molecule has 0 aromatic carbocycles. The fourth-order valence-electron chi connectivity index (χ4n) is 7.91. The van der Waals surface area contributed by atoms with Gasteiger partial charge in [-0.15, -0.1) is 0 Å². The number of methoxy groups -OCH3 is 2. The molecular weight excluding hydrogens is 710 g/mol. The average molecular weight is 776 g/mol. The summed E-state index contributed by atoms with van der Waals surface area (Å²) in [6, 6.07) is 5.12. The van der Waals surface area contributed by atoms with Gasteiger partial charge in [0.25, 0.3) is 0 Å². The number of rotatable bonds is 10. The van der Waals surface area contributed by atoms with Gasteiger partial charge in [0.15, 0.2) is 12.1 Å². The maximum Gasteiger partial charge on any atom is 0.316 e. The van der Waals surface area contributed by atoms with E-state index in [1.54, 1.807) is 59.2 Å². The molecule has 2 aliphatic heterocycles. The second kappa shape index (κ2) is 19.8. The van der Waals surface area contributed by atoms with E-state index in [1.807, 2.05) is 34.9 Å². The summed E-state index contributed by atoms with van der Waals surface area (Å²) in [7, 11) is 7.04. The Kier molecular flexibility index (Phi) is 16.6. The third-order valence-electron chi connectivity index (χ3n) is 11.3. The molecule has 15 heteroatoms. The molecule has 2 fully saturated rings. The van der Waals surface area contributed by atoms with Crippen molar-refractivity contribution >= 4 is 34.9 Å². The van der Waals surface area contributed by atoms with Gasteiger partial charge in [-0.3, -0.25) is 14.4 Å². The lowest BCUT2D eigenvalue weighted by Crippen LogP contribution is -2.60. The first-order chi connectivity index (χ1) is 25.7. The number of esters is 1. The van der Waals surface area contributed by atoms with Crippen molar-refractivity contribution < 1.29 is 48.3 Å². The number of amides is 1. The standard InChI is InChI=1S/C40H65N5O10/c1-14-29-40(9,50)35(48)25(5)32(44-43-23(3)19-31(46)42-30-17-15-16-18-41-30)22(2)21-39(8,52-13)36(26(6)33(47)27(7)37(49)54-29)55-38-34(51-12)28(45(10)11)20-24(4)53-38/h15-18,22,24-29,34-36,38,48,50H,14,19-21H2,1-13H3,(H,41,42,46). The van der Waals surface area contributed by atoms with Gasteiger partial charge in [-0.1, -0.05) is 33.8 Å². The van der Waals surface area contributed by atoms with Crippen LogP contribution in [0.25, 0.3) is 0 Å². The Labute approximate surface area is 326 Å². The van der Waals surface area contributed by atoms with Gasteiger partial charge in [0.05, 0.1) is 30.3 Å². The minimum absolute atomic E-state index is 0.0585. The van der Waals surface area contributed by atoms with Crippen LogP contribution < -0.4 is 5.32 Å². The summed E-state index contributed by atoms with van der Waals surface area (Å²) >= 11 is 0. The highest BCUT2D eigenvalue weighted by atomic mass is 16.7. The van der Waals surface area contributed by atoms with E-state index >= 15 is 0 Å². The minimum Gasteiger partial charge on any atom is -0.459 e. The minimum atomic E-state index is -1.95. The van der Waals surface area contributed by atoms with Gasteiger partial charge >= 0.3 is 5.97 Å². The Bertz CT molecular complexity index is 1510. The second-order valence-corrected chi connectivity index (χ2v) is 16.0. The van der Waals surface area contributed by atoms with Crippen molar-refractivity contribution in [1.82, 2.24) is 9.88 Å². The summed E-state index contributed by atoms with van der Waals surface area (Å²) in [5.74, 6) is -4.71. The topological polar surface area (TPSA) is 191 Å². The normalized spacial score (nSPS) is 38.1. The number of carbonyl (C=O) groups is 3. The summed E-state index contributed by atoms with van der Waals surface area (Å²) in [6.07, 6.45) is -2.71. The first-order valence-corrected chi connectivity index (χ1v) is 19.2. The molecule has 1 aromatic heterocycles. The Hall–Kier alpha value is -3.18. The third-order valence-corrected chi connectivity index (χ3v) is 11.3. The molecule has 0 spiro atoms. The van der Waals surface area contributed by atoms with Gasteiger partial charge in [0.1, 0.15) is 29.5 Å². The van der Waals surface area contributed by atoms with E-state index in [0.29, 0.717) is 23.7 Å². The molecule has 2 saturated heterocycles. The Morgan fingerprint density at radius 3 is 2.35 bits per heavy atom. The molecule has 55 heavy (non-hydrogen) atoms. The Morgan fingerprint density at radius 2 is 1.78 bits per heavy atom. The van der Waals surface area contributed by atoms with Crippen LogP contribution in [0.1, 0.15) is 88.0 Å². The summed E-state index contributed by atoms with van der Waals surface area (Å²) in [5.41, 5.74) is -2.41. The van der Waals surface area contributed by atoms with Crippen LogP contribution in [-0.4, -0.2) is 132 Å². The summed E-state index contributed by atoms with van der Waals surface area (Å²) in [4.78, 5) is 46.9. The van der Waals surface area contributed by atoms with E-state index in [2.05, 4.69) is 25.4 Å². The zero-order valence-corrected chi connectivity index (χ0v) is 34.9. The Balaban J connectivity index is 2.16. The molecule has 310 valence electrons. The van der Waals surface area contributed by atoms with Gasteiger partial charge in [-0.05, 0) is 86.0 Å². The van der Waals surface area contributed by atoms with Crippen LogP contribution in [0.4, 0.5) is 5.82 Å². The van der Waals surface area contributed by atoms with Crippen molar-refractivity contribution in [3.63, 3.8) is 0 Å². The molecule has 1 aromatic rings. The molecule has 3 N–H and O–H groups in total. The predicted octanol–water partition coefficient (Wildman–Crippen LogP) is 4.05. The highest BCUT2D eigenvalue weighted by molar-refractivity contribution is 6.05. The van der Waals surface area contributed by atoms with Crippen LogP contribution in [0.2, 0.25) is 0 Å². The first kappa shape index (κ1) is 46.2. The van der Waals surface area contributed by atoms with Crippen LogP contribution in [0, 0.1) is 23.7 Å². The SMILES string of the molecule is CCC1OC(=O)C(C)C(=O)C(C)C(OC2OC(C)CC(N(C)C)C2OC)C(C)(OC)CC(C)C(=NN=C(C)CC(=O)Nc2ccccn2)C(C)C(O)C1(C)O. The van der Waals surface area contributed by atoms with Gasteiger partial charge < -0.3 is 44.1 Å². The van der Waals surface area contributed by atoms with Crippen LogP contribution in [-0.2, 0) is 38.1 Å². The number of ketones is 1. The second-order valence-electron chi connectivity index (χ2n) is 16.0. The summed E-state index contributed by atoms with van der Waals surface area (Å²) < 4.78 is 31.2. The average Bonchev–Trinajstić information content (AvgIpc) is 3.13.